The summed E-state index contributed by atoms with van der Waals surface area (Å²) in [5, 5.41) is 0. The molecule has 0 aliphatic rings. The van der Waals surface area contributed by atoms with Crippen molar-refractivity contribution in [3.8, 4) is 0 Å². The minimum Gasteiger partial charge on any atom is -0.454 e. The Morgan fingerprint density at radius 3 is 2.44 bits per heavy atom. The van der Waals surface area contributed by atoms with Gasteiger partial charge >= 0.3 is 5.97 Å². The number of ketones is 1. The van der Waals surface area contributed by atoms with Crippen molar-refractivity contribution >= 4 is 27.5 Å². The Balaban J connectivity index is 2.32. The zero-order valence-electron chi connectivity index (χ0n) is 14.2. The van der Waals surface area contributed by atoms with Gasteiger partial charge in [0.1, 0.15) is 6.61 Å². The lowest BCUT2D eigenvalue weighted by Crippen LogP contribution is -2.16. The third-order valence-corrected chi connectivity index (χ3v) is 4.91. The number of carbonyl (C=O) groups is 2. The lowest BCUT2D eigenvalue weighted by molar-refractivity contribution is -0.120. The summed E-state index contributed by atoms with van der Waals surface area (Å²) in [4.78, 5) is 22.8. The molecular formula is C18H19NO5S. The molecule has 0 saturated carbocycles. The summed E-state index contributed by atoms with van der Waals surface area (Å²) in [6, 6.07) is 11.2. The Hall–Kier alpha value is -2.67. The maximum Gasteiger partial charge on any atom is 0.338 e. The Bertz CT molecular complexity index is 919. The van der Waals surface area contributed by atoms with Gasteiger partial charge in [0.2, 0.25) is 0 Å². The van der Waals surface area contributed by atoms with Crippen LogP contribution in [0.1, 0.15) is 28.4 Å². The second kappa shape index (κ2) is 7.48. The van der Waals surface area contributed by atoms with E-state index < -0.39 is 16.0 Å². The maximum atomic E-state index is 12.7. The molecule has 0 atom stereocenters. The summed E-state index contributed by atoms with van der Waals surface area (Å²) < 4.78 is 32.6. The van der Waals surface area contributed by atoms with Crippen LogP contribution in [0.2, 0.25) is 0 Å². The minimum absolute atomic E-state index is 0.0220. The predicted octanol–water partition coefficient (Wildman–Crippen LogP) is 2.85. The summed E-state index contributed by atoms with van der Waals surface area (Å²) in [6.07, 6.45) is 0. The van der Waals surface area contributed by atoms with Gasteiger partial charge in [0.15, 0.2) is 5.78 Å². The fourth-order valence-corrected chi connectivity index (χ4v) is 3.51. The van der Waals surface area contributed by atoms with Gasteiger partial charge in [-0.1, -0.05) is 18.2 Å². The molecule has 0 fully saturated rings. The topological polar surface area (TPSA) is 89.5 Å². The third kappa shape index (κ3) is 4.90. The number of hydrogen-bond donors (Lipinski definition) is 1. The number of ether oxygens (including phenoxy) is 1. The molecule has 0 radical (unpaired) electrons. The zero-order chi connectivity index (χ0) is 18.6. The number of benzene rings is 2. The van der Waals surface area contributed by atoms with Crippen LogP contribution in [0.15, 0.2) is 47.4 Å². The molecule has 2 aromatic rings. The Labute approximate surface area is 146 Å². The van der Waals surface area contributed by atoms with Crippen LogP contribution >= 0.6 is 0 Å². The molecule has 0 aliphatic carbocycles. The van der Waals surface area contributed by atoms with Crippen molar-refractivity contribution in [3.63, 3.8) is 0 Å². The van der Waals surface area contributed by atoms with Crippen LogP contribution in [-0.4, -0.2) is 26.8 Å². The zero-order valence-corrected chi connectivity index (χ0v) is 15.0. The van der Waals surface area contributed by atoms with Crippen molar-refractivity contribution in [1.82, 2.24) is 0 Å². The number of rotatable bonds is 6. The summed E-state index contributed by atoms with van der Waals surface area (Å²) in [7, 11) is -3.87. The smallest absolute Gasteiger partial charge is 0.338 e. The first kappa shape index (κ1) is 18.7. The van der Waals surface area contributed by atoms with E-state index in [0.29, 0.717) is 11.3 Å². The molecule has 1 N–H and O–H groups in total. The van der Waals surface area contributed by atoms with Crippen LogP contribution in [0.25, 0.3) is 0 Å². The van der Waals surface area contributed by atoms with Gasteiger partial charge in [0.25, 0.3) is 10.0 Å². The third-order valence-electron chi connectivity index (χ3n) is 3.39. The van der Waals surface area contributed by atoms with E-state index in [1.165, 1.54) is 25.1 Å². The van der Waals surface area contributed by atoms with Crippen molar-refractivity contribution in [2.24, 2.45) is 0 Å². The van der Waals surface area contributed by atoms with E-state index in [1.807, 2.05) is 13.0 Å². The van der Waals surface area contributed by atoms with Crippen LogP contribution in [0.5, 0.6) is 0 Å². The van der Waals surface area contributed by atoms with Gasteiger partial charge in [-0.15, -0.1) is 0 Å². The van der Waals surface area contributed by atoms with E-state index in [2.05, 4.69) is 4.72 Å². The molecule has 0 bridgehead atoms. The molecule has 6 nitrogen and oxygen atoms in total. The van der Waals surface area contributed by atoms with Gasteiger partial charge in [-0.2, -0.15) is 0 Å². The van der Waals surface area contributed by atoms with Crippen molar-refractivity contribution in [3.05, 3.63) is 59.2 Å². The van der Waals surface area contributed by atoms with Crippen molar-refractivity contribution in [1.29, 1.82) is 0 Å². The maximum absolute atomic E-state index is 12.7. The average Bonchev–Trinajstić information content (AvgIpc) is 2.52. The van der Waals surface area contributed by atoms with Crippen LogP contribution in [0.3, 0.4) is 0 Å². The van der Waals surface area contributed by atoms with Crippen LogP contribution in [-0.2, 0) is 19.6 Å². The number of Topliss-reactive ketones (excluding diaryl/α,β-unsaturated/α-hetero) is 1. The molecule has 25 heavy (non-hydrogen) atoms. The Kier molecular flexibility index (Phi) is 5.58. The number of carbonyl (C=O) groups excluding carboxylic acids is 2. The number of nitrogens with one attached hydrogen (secondary N) is 1. The SMILES string of the molecule is CC(=O)COC(=O)c1ccc(C)c(S(=O)(=O)Nc2cccc(C)c2)c1. The fraction of sp³-hybridized carbons (Fsp3) is 0.222. The molecule has 0 heterocycles. The van der Waals surface area contributed by atoms with Gasteiger partial charge < -0.3 is 4.74 Å². The minimum atomic E-state index is -3.87. The predicted molar refractivity (Wildman–Crippen MR) is 94.1 cm³/mol. The number of aryl methyl sites for hydroxylation is 2. The summed E-state index contributed by atoms with van der Waals surface area (Å²) in [5.74, 6) is -1.04. The number of esters is 1. The molecule has 7 heteroatoms. The van der Waals surface area contributed by atoms with Gasteiger partial charge in [0, 0.05) is 5.69 Å². The van der Waals surface area contributed by atoms with Gasteiger partial charge in [-0.3, -0.25) is 9.52 Å². The average molecular weight is 361 g/mol. The summed E-state index contributed by atoms with van der Waals surface area (Å²) >= 11 is 0. The Morgan fingerprint density at radius 1 is 1.08 bits per heavy atom. The Morgan fingerprint density at radius 2 is 1.80 bits per heavy atom. The van der Waals surface area contributed by atoms with E-state index >= 15 is 0 Å². The van der Waals surface area contributed by atoms with Gasteiger partial charge in [-0.05, 0) is 56.2 Å². The monoisotopic (exact) mass is 361 g/mol. The normalized spacial score (nSPS) is 11.0. The highest BCUT2D eigenvalue weighted by molar-refractivity contribution is 7.92. The van der Waals surface area contributed by atoms with E-state index in [1.54, 1.807) is 25.1 Å². The molecule has 132 valence electrons. The highest BCUT2D eigenvalue weighted by Crippen LogP contribution is 2.21. The summed E-state index contributed by atoms with van der Waals surface area (Å²) in [6.45, 7) is 4.44. The first-order chi connectivity index (χ1) is 11.7. The largest absolute Gasteiger partial charge is 0.454 e. The van der Waals surface area contributed by atoms with E-state index in [-0.39, 0.29) is 22.8 Å². The molecule has 0 aliphatic heterocycles. The molecular weight excluding hydrogens is 342 g/mol. The van der Waals surface area contributed by atoms with Crippen LogP contribution < -0.4 is 4.72 Å². The molecule has 0 spiro atoms. The molecule has 0 unspecified atom stereocenters. The number of anilines is 1. The quantitative estimate of drug-likeness (QED) is 0.799. The standard InChI is InChI=1S/C18H19NO5S/c1-12-5-4-6-16(9-12)19-25(22,23)17-10-15(8-7-13(17)2)18(21)24-11-14(3)20/h4-10,19H,11H2,1-3H3. The number of hydrogen-bond acceptors (Lipinski definition) is 5. The lowest BCUT2D eigenvalue weighted by atomic mass is 10.1. The van der Waals surface area contributed by atoms with Gasteiger partial charge in [0.05, 0.1) is 10.5 Å². The highest BCUT2D eigenvalue weighted by Gasteiger charge is 2.20. The van der Waals surface area contributed by atoms with Crippen LogP contribution in [0.4, 0.5) is 5.69 Å². The van der Waals surface area contributed by atoms with E-state index in [9.17, 15) is 18.0 Å². The van der Waals surface area contributed by atoms with Crippen molar-refractivity contribution < 1.29 is 22.7 Å². The molecule has 0 amide bonds. The fourth-order valence-electron chi connectivity index (χ4n) is 2.19. The molecule has 0 saturated heterocycles. The van der Waals surface area contributed by atoms with E-state index in [4.69, 9.17) is 4.74 Å². The van der Waals surface area contributed by atoms with Crippen LogP contribution in [0, 0.1) is 13.8 Å². The second-order valence-corrected chi connectivity index (χ2v) is 7.38. The highest BCUT2D eigenvalue weighted by atomic mass is 32.2. The second-order valence-electron chi connectivity index (χ2n) is 5.73. The lowest BCUT2D eigenvalue weighted by Gasteiger charge is -2.12. The molecule has 2 aromatic carbocycles. The van der Waals surface area contributed by atoms with E-state index in [0.717, 1.165) is 5.56 Å². The van der Waals surface area contributed by atoms with Crippen molar-refractivity contribution in [2.75, 3.05) is 11.3 Å². The summed E-state index contributed by atoms with van der Waals surface area (Å²) in [5.41, 5.74) is 1.90. The molecule has 2 rings (SSSR count). The van der Waals surface area contributed by atoms with Crippen molar-refractivity contribution in [2.45, 2.75) is 25.7 Å². The number of sulfonamides is 1. The first-order valence-electron chi connectivity index (χ1n) is 7.56. The first-order valence-corrected chi connectivity index (χ1v) is 9.04. The van der Waals surface area contributed by atoms with Gasteiger partial charge in [-0.25, -0.2) is 13.2 Å². The molecule has 0 aromatic heterocycles.